The van der Waals surface area contributed by atoms with Crippen molar-refractivity contribution >= 4 is 11.3 Å². The molecule has 0 atom stereocenters. The molecule has 0 unspecified atom stereocenters. The van der Waals surface area contributed by atoms with Crippen molar-refractivity contribution in [2.75, 3.05) is 13.7 Å². The van der Waals surface area contributed by atoms with Gasteiger partial charge in [-0.3, -0.25) is 0 Å². The molecule has 0 spiro atoms. The Morgan fingerprint density at radius 1 is 1.26 bits per heavy atom. The minimum Gasteiger partial charge on any atom is -0.493 e. The topological polar surface area (TPSA) is 34.1 Å². The van der Waals surface area contributed by atoms with E-state index in [4.69, 9.17) is 9.72 Å². The summed E-state index contributed by atoms with van der Waals surface area (Å²) in [6.45, 7) is 5.69. The Bertz CT molecular complexity index is 537. The number of aromatic nitrogens is 1. The van der Waals surface area contributed by atoms with Gasteiger partial charge in [0.15, 0.2) is 0 Å². The molecule has 0 fully saturated rings. The first kappa shape index (κ1) is 14.0. The van der Waals surface area contributed by atoms with Crippen LogP contribution < -0.4 is 10.1 Å². The molecule has 1 aromatic heterocycles. The minimum absolute atomic E-state index is 0.673. The molecule has 1 N–H and O–H groups in total. The SMILES string of the molecule is CCOc1ccccc1-c1nc(CC)c(CNC)s1. The van der Waals surface area contributed by atoms with E-state index in [1.54, 1.807) is 11.3 Å². The lowest BCUT2D eigenvalue weighted by atomic mass is 10.2. The number of hydrogen-bond acceptors (Lipinski definition) is 4. The molecular formula is C15H20N2OS. The molecule has 19 heavy (non-hydrogen) atoms. The molecule has 0 aliphatic rings. The summed E-state index contributed by atoms with van der Waals surface area (Å²) in [7, 11) is 1.97. The van der Waals surface area contributed by atoms with Gasteiger partial charge >= 0.3 is 0 Å². The highest BCUT2D eigenvalue weighted by molar-refractivity contribution is 7.15. The van der Waals surface area contributed by atoms with Gasteiger partial charge in [0.2, 0.25) is 0 Å². The number of benzene rings is 1. The fraction of sp³-hybridized carbons (Fsp3) is 0.400. The number of nitrogens with one attached hydrogen (secondary N) is 1. The third-order valence-electron chi connectivity index (χ3n) is 2.87. The van der Waals surface area contributed by atoms with Crippen molar-refractivity contribution in [1.29, 1.82) is 0 Å². The van der Waals surface area contributed by atoms with Gasteiger partial charge in [-0.25, -0.2) is 4.98 Å². The van der Waals surface area contributed by atoms with Crippen LogP contribution >= 0.6 is 11.3 Å². The number of para-hydroxylation sites is 1. The second-order valence-electron chi connectivity index (χ2n) is 4.20. The molecule has 0 saturated carbocycles. The van der Waals surface area contributed by atoms with E-state index < -0.39 is 0 Å². The van der Waals surface area contributed by atoms with Gasteiger partial charge in [-0.1, -0.05) is 19.1 Å². The molecule has 0 radical (unpaired) electrons. The molecule has 2 rings (SSSR count). The average Bonchev–Trinajstić information content (AvgIpc) is 2.83. The van der Waals surface area contributed by atoms with Crippen LogP contribution in [0.5, 0.6) is 5.75 Å². The van der Waals surface area contributed by atoms with Crippen molar-refractivity contribution in [3.05, 3.63) is 34.8 Å². The van der Waals surface area contributed by atoms with Crippen molar-refractivity contribution in [3.8, 4) is 16.3 Å². The Morgan fingerprint density at radius 2 is 2.05 bits per heavy atom. The quantitative estimate of drug-likeness (QED) is 0.877. The average molecular weight is 276 g/mol. The molecule has 0 amide bonds. The summed E-state index contributed by atoms with van der Waals surface area (Å²) in [4.78, 5) is 6.07. The Kier molecular flexibility index (Phi) is 4.93. The van der Waals surface area contributed by atoms with Crippen LogP contribution in [-0.4, -0.2) is 18.6 Å². The van der Waals surface area contributed by atoms with Crippen LogP contribution in [0.1, 0.15) is 24.4 Å². The van der Waals surface area contributed by atoms with Crippen molar-refractivity contribution in [2.45, 2.75) is 26.8 Å². The normalized spacial score (nSPS) is 10.7. The largest absolute Gasteiger partial charge is 0.493 e. The van der Waals surface area contributed by atoms with Crippen molar-refractivity contribution < 1.29 is 4.74 Å². The van der Waals surface area contributed by atoms with Crippen molar-refractivity contribution in [1.82, 2.24) is 10.3 Å². The molecule has 1 aromatic carbocycles. The van der Waals surface area contributed by atoms with E-state index in [0.717, 1.165) is 29.3 Å². The zero-order valence-corrected chi connectivity index (χ0v) is 12.5. The van der Waals surface area contributed by atoms with Gasteiger partial charge in [0, 0.05) is 11.4 Å². The zero-order valence-electron chi connectivity index (χ0n) is 11.7. The summed E-state index contributed by atoms with van der Waals surface area (Å²) >= 11 is 1.75. The molecular weight excluding hydrogens is 256 g/mol. The van der Waals surface area contributed by atoms with E-state index in [1.807, 2.05) is 32.2 Å². The number of hydrogen-bond donors (Lipinski definition) is 1. The Labute approximate surface area is 118 Å². The van der Waals surface area contributed by atoms with Crippen molar-refractivity contribution in [2.24, 2.45) is 0 Å². The predicted octanol–water partition coefficient (Wildman–Crippen LogP) is 3.49. The molecule has 0 saturated heterocycles. The van der Waals surface area contributed by atoms with Crippen molar-refractivity contribution in [3.63, 3.8) is 0 Å². The summed E-state index contributed by atoms with van der Waals surface area (Å²) < 4.78 is 5.69. The maximum absolute atomic E-state index is 5.69. The van der Waals surface area contributed by atoms with Crippen LogP contribution in [0.15, 0.2) is 24.3 Å². The van der Waals surface area contributed by atoms with Crippen LogP contribution in [0.25, 0.3) is 10.6 Å². The monoisotopic (exact) mass is 276 g/mol. The number of ether oxygens (including phenoxy) is 1. The highest BCUT2D eigenvalue weighted by Gasteiger charge is 2.13. The fourth-order valence-electron chi connectivity index (χ4n) is 2.00. The Hall–Kier alpha value is -1.39. The van der Waals surface area contributed by atoms with E-state index in [1.165, 1.54) is 10.6 Å². The van der Waals surface area contributed by atoms with Gasteiger partial charge in [0.1, 0.15) is 10.8 Å². The van der Waals surface area contributed by atoms with Gasteiger partial charge in [0.05, 0.1) is 17.9 Å². The molecule has 3 nitrogen and oxygen atoms in total. The third-order valence-corrected chi connectivity index (χ3v) is 4.00. The summed E-state index contributed by atoms with van der Waals surface area (Å²) in [5.74, 6) is 0.914. The molecule has 0 aliphatic carbocycles. The van der Waals surface area contributed by atoms with Gasteiger partial charge in [-0.2, -0.15) is 0 Å². The third kappa shape index (κ3) is 3.14. The van der Waals surface area contributed by atoms with Gasteiger partial charge in [0.25, 0.3) is 0 Å². The zero-order chi connectivity index (χ0) is 13.7. The number of rotatable bonds is 6. The molecule has 0 aliphatic heterocycles. The number of thiazole rings is 1. The standard InChI is InChI=1S/C15H20N2OS/c1-4-12-14(10-16-3)19-15(17-12)11-8-6-7-9-13(11)18-5-2/h6-9,16H,4-5,10H2,1-3H3. The summed E-state index contributed by atoms with van der Waals surface area (Å²) in [6.07, 6.45) is 0.963. The summed E-state index contributed by atoms with van der Waals surface area (Å²) in [6, 6.07) is 8.11. The Balaban J connectivity index is 2.41. The van der Waals surface area contributed by atoms with Gasteiger partial charge < -0.3 is 10.1 Å². The summed E-state index contributed by atoms with van der Waals surface area (Å²) in [5.41, 5.74) is 2.27. The first-order valence-corrected chi connectivity index (χ1v) is 7.47. The lowest BCUT2D eigenvalue weighted by Crippen LogP contribution is -2.05. The van der Waals surface area contributed by atoms with Crippen LogP contribution in [0.3, 0.4) is 0 Å². The van der Waals surface area contributed by atoms with E-state index in [-0.39, 0.29) is 0 Å². The lowest BCUT2D eigenvalue weighted by molar-refractivity contribution is 0.341. The van der Waals surface area contributed by atoms with Crippen LogP contribution in [0.2, 0.25) is 0 Å². The molecule has 1 heterocycles. The molecule has 0 bridgehead atoms. The highest BCUT2D eigenvalue weighted by Crippen LogP contribution is 2.34. The lowest BCUT2D eigenvalue weighted by Gasteiger charge is -2.07. The first-order chi connectivity index (χ1) is 9.30. The van der Waals surface area contributed by atoms with Gasteiger partial charge in [-0.05, 0) is 32.5 Å². The second-order valence-corrected chi connectivity index (χ2v) is 5.29. The number of aryl methyl sites for hydroxylation is 1. The molecule has 2 aromatic rings. The van der Waals surface area contributed by atoms with Gasteiger partial charge in [-0.15, -0.1) is 11.3 Å². The van der Waals surface area contributed by atoms with Crippen LogP contribution in [-0.2, 0) is 13.0 Å². The van der Waals surface area contributed by atoms with Crippen LogP contribution in [0.4, 0.5) is 0 Å². The van der Waals surface area contributed by atoms with E-state index in [2.05, 4.69) is 18.3 Å². The van der Waals surface area contributed by atoms with E-state index in [0.29, 0.717) is 6.61 Å². The fourth-order valence-corrected chi connectivity index (χ4v) is 3.19. The van der Waals surface area contributed by atoms with E-state index >= 15 is 0 Å². The maximum Gasteiger partial charge on any atom is 0.129 e. The maximum atomic E-state index is 5.69. The van der Waals surface area contributed by atoms with Crippen LogP contribution in [0, 0.1) is 0 Å². The summed E-state index contributed by atoms with van der Waals surface area (Å²) in [5, 5.41) is 4.25. The smallest absolute Gasteiger partial charge is 0.129 e. The van der Waals surface area contributed by atoms with E-state index in [9.17, 15) is 0 Å². The second kappa shape index (κ2) is 6.68. The molecule has 4 heteroatoms. The first-order valence-electron chi connectivity index (χ1n) is 6.65. The highest BCUT2D eigenvalue weighted by atomic mass is 32.1. The molecule has 102 valence electrons. The number of nitrogens with zero attached hydrogens (tertiary/aromatic N) is 1. The Morgan fingerprint density at radius 3 is 2.74 bits per heavy atom. The minimum atomic E-state index is 0.673. The predicted molar refractivity (Wildman–Crippen MR) is 80.9 cm³/mol.